The number of rotatable bonds is 4. The van der Waals surface area contributed by atoms with Crippen molar-refractivity contribution in [3.05, 3.63) is 101 Å². The highest BCUT2D eigenvalue weighted by Gasteiger charge is 2.71. The van der Waals surface area contributed by atoms with Crippen molar-refractivity contribution in [1.82, 2.24) is 0 Å². The summed E-state index contributed by atoms with van der Waals surface area (Å²) in [6.45, 7) is 0. The van der Waals surface area contributed by atoms with E-state index in [1.165, 1.54) is 18.2 Å². The minimum atomic E-state index is -3.28. The number of phenols is 9. The molecule has 4 atom stereocenters. The summed E-state index contributed by atoms with van der Waals surface area (Å²) in [5.74, 6) is -15.6. The van der Waals surface area contributed by atoms with Crippen molar-refractivity contribution in [3.8, 4) is 74.7 Å². The monoisotopic (exact) mass is 742 g/mol. The number of ketones is 1. The molecule has 3 heterocycles. The van der Waals surface area contributed by atoms with Gasteiger partial charge in [-0.05, 0) is 42.5 Å². The van der Waals surface area contributed by atoms with Gasteiger partial charge in [-0.25, -0.2) is 4.79 Å². The predicted molar refractivity (Wildman–Crippen MR) is 176 cm³/mol. The Kier molecular flexibility index (Phi) is 7.22. The normalized spacial score (nSPS) is 22.1. The molecule has 8 rings (SSSR count). The lowest BCUT2D eigenvalue weighted by atomic mass is 9.85. The number of hydrogen-bond acceptors (Lipinski definition) is 17. The first-order valence-electron chi connectivity index (χ1n) is 15.8. The fourth-order valence-corrected chi connectivity index (χ4v) is 6.63. The molecule has 0 spiro atoms. The zero-order valence-electron chi connectivity index (χ0n) is 27.1. The third-order valence-electron chi connectivity index (χ3n) is 9.18. The summed E-state index contributed by atoms with van der Waals surface area (Å²) in [6.07, 6.45) is -2.63. The van der Waals surface area contributed by atoms with Gasteiger partial charge in [-0.3, -0.25) is 4.79 Å². The zero-order valence-corrected chi connectivity index (χ0v) is 27.1. The van der Waals surface area contributed by atoms with Crippen LogP contribution >= 0.6 is 0 Å². The lowest BCUT2D eigenvalue weighted by Gasteiger charge is -2.50. The molecule has 3 aliphatic heterocycles. The maximum absolute atomic E-state index is 14.0. The average Bonchev–Trinajstić information content (AvgIpc) is 3.10. The molecule has 10 N–H and O–H groups in total. The number of esters is 1. The van der Waals surface area contributed by atoms with Crippen molar-refractivity contribution in [2.75, 3.05) is 0 Å². The number of ether oxygens (including phenoxy) is 5. The SMILES string of the molecule is O=C(OC1Cc2c(O)cc(O)cc2OC1c1ccc(O)c(O)c1)c1cc(O)c2c(c1)OC1(c3ccc(O)c(O)c3)Oc3cc(O)cc(O)c3C(=O)C1(O)O2. The summed E-state index contributed by atoms with van der Waals surface area (Å²) in [5, 5.41) is 105. The molecule has 5 aromatic rings. The van der Waals surface area contributed by atoms with Crippen molar-refractivity contribution in [3.63, 3.8) is 0 Å². The Morgan fingerprint density at radius 3 is 2.00 bits per heavy atom. The summed E-state index contributed by atoms with van der Waals surface area (Å²) in [5.41, 5.74) is -1.03. The number of aliphatic hydroxyl groups is 1. The molecule has 5 aromatic carbocycles. The van der Waals surface area contributed by atoms with Gasteiger partial charge in [0.15, 0.2) is 40.6 Å². The quantitative estimate of drug-likeness (QED) is 0.0931. The second-order valence-corrected chi connectivity index (χ2v) is 12.6. The van der Waals surface area contributed by atoms with E-state index in [1.54, 1.807) is 0 Å². The molecule has 0 aromatic heterocycles. The van der Waals surface area contributed by atoms with Crippen molar-refractivity contribution in [1.29, 1.82) is 0 Å². The Morgan fingerprint density at radius 2 is 1.30 bits per heavy atom. The number of carbonyl (C=O) groups is 2. The van der Waals surface area contributed by atoms with E-state index in [9.17, 15) is 60.7 Å². The summed E-state index contributed by atoms with van der Waals surface area (Å²) >= 11 is 0. The van der Waals surface area contributed by atoms with E-state index >= 15 is 0 Å². The number of fused-ring (bicyclic) bond motifs is 4. The highest BCUT2D eigenvalue weighted by Crippen LogP contribution is 2.57. The third-order valence-corrected chi connectivity index (χ3v) is 9.18. The molecule has 17 nitrogen and oxygen atoms in total. The second kappa shape index (κ2) is 11.6. The van der Waals surface area contributed by atoms with Gasteiger partial charge in [-0.2, -0.15) is 0 Å². The summed E-state index contributed by atoms with van der Waals surface area (Å²) < 4.78 is 29.6. The van der Waals surface area contributed by atoms with Crippen molar-refractivity contribution >= 4 is 11.8 Å². The lowest BCUT2D eigenvalue weighted by Crippen LogP contribution is -2.70. The van der Waals surface area contributed by atoms with Crippen molar-refractivity contribution in [2.24, 2.45) is 0 Å². The smallest absolute Gasteiger partial charge is 0.358 e. The van der Waals surface area contributed by atoms with Crippen LogP contribution in [0.15, 0.2) is 72.8 Å². The first-order valence-corrected chi connectivity index (χ1v) is 15.8. The summed E-state index contributed by atoms with van der Waals surface area (Å²) in [7, 11) is 0. The Balaban J connectivity index is 1.20. The van der Waals surface area contributed by atoms with Crippen LogP contribution in [0.1, 0.15) is 43.5 Å². The number of hydrogen-bond donors (Lipinski definition) is 10. The van der Waals surface area contributed by atoms with E-state index in [0.717, 1.165) is 54.6 Å². The molecule has 4 unspecified atom stereocenters. The van der Waals surface area contributed by atoms with Crippen LogP contribution in [0.5, 0.6) is 74.7 Å². The molecule has 0 fully saturated rings. The number of aromatic hydroxyl groups is 9. The molecule has 54 heavy (non-hydrogen) atoms. The topological polar surface area (TPSA) is 283 Å². The summed E-state index contributed by atoms with van der Waals surface area (Å²) in [4.78, 5) is 27.8. The molecular weight excluding hydrogens is 716 g/mol. The van der Waals surface area contributed by atoms with Crippen LogP contribution in [0, 0.1) is 0 Å². The van der Waals surface area contributed by atoms with Gasteiger partial charge in [0.1, 0.15) is 46.2 Å². The van der Waals surface area contributed by atoms with Crippen LogP contribution in [0.2, 0.25) is 0 Å². The summed E-state index contributed by atoms with van der Waals surface area (Å²) in [6, 6.07) is 12.5. The number of Topliss-reactive ketones (excluding diaryl/α,β-unsaturated/α-hetero) is 1. The molecule has 0 radical (unpaired) electrons. The highest BCUT2D eigenvalue weighted by atomic mass is 16.8. The van der Waals surface area contributed by atoms with E-state index in [2.05, 4.69) is 0 Å². The van der Waals surface area contributed by atoms with Gasteiger partial charge in [-0.15, -0.1) is 0 Å². The maximum Gasteiger partial charge on any atom is 0.358 e. The van der Waals surface area contributed by atoms with E-state index in [-0.39, 0.29) is 40.4 Å². The van der Waals surface area contributed by atoms with Gasteiger partial charge in [0.25, 0.3) is 5.78 Å². The molecular formula is C37H26O17. The first-order chi connectivity index (χ1) is 25.6. The van der Waals surface area contributed by atoms with Crippen molar-refractivity contribution in [2.45, 2.75) is 30.2 Å². The second-order valence-electron chi connectivity index (χ2n) is 12.6. The highest BCUT2D eigenvalue weighted by molar-refractivity contribution is 6.08. The van der Waals surface area contributed by atoms with Crippen LogP contribution < -0.4 is 18.9 Å². The third kappa shape index (κ3) is 4.97. The standard InChI is InChI=1S/C37H26O17/c38-17-9-22(42)19-13-29(32(50-27(19)11-17)14-1-3-20(40)23(43)5-14)51-35(48)15-6-26(46)33-30(7-15)53-37(16-2-4-21(41)24(44)8-16)36(49,54-33)34(47)31-25(45)10-18(39)12-28(31)52-37/h1-12,29,32,38-46,49H,13H2. The molecule has 0 saturated heterocycles. The first kappa shape index (κ1) is 33.7. The molecule has 0 aliphatic carbocycles. The Labute approximate surface area is 301 Å². The van der Waals surface area contributed by atoms with Crippen LogP contribution in [0.3, 0.4) is 0 Å². The van der Waals surface area contributed by atoms with E-state index in [0.29, 0.717) is 0 Å². The fourth-order valence-electron chi connectivity index (χ4n) is 6.63. The molecule has 0 saturated carbocycles. The minimum Gasteiger partial charge on any atom is -0.508 e. The van der Waals surface area contributed by atoms with Gasteiger partial charge in [0, 0.05) is 47.4 Å². The minimum absolute atomic E-state index is 0.0395. The van der Waals surface area contributed by atoms with Gasteiger partial charge in [-0.1, -0.05) is 6.07 Å². The molecule has 276 valence electrons. The molecule has 17 heteroatoms. The van der Waals surface area contributed by atoms with E-state index < -0.39 is 104 Å². The van der Waals surface area contributed by atoms with Crippen LogP contribution in [0.4, 0.5) is 0 Å². The lowest BCUT2D eigenvalue weighted by molar-refractivity contribution is -0.316. The van der Waals surface area contributed by atoms with Gasteiger partial charge >= 0.3 is 17.5 Å². The largest absolute Gasteiger partial charge is 0.508 e. The maximum atomic E-state index is 14.0. The van der Waals surface area contributed by atoms with Crippen LogP contribution in [0.25, 0.3) is 0 Å². The predicted octanol–water partition coefficient (Wildman–Crippen LogP) is 3.53. The van der Waals surface area contributed by atoms with Gasteiger partial charge in [0.05, 0.1) is 5.56 Å². The van der Waals surface area contributed by atoms with Gasteiger partial charge < -0.3 is 74.7 Å². The average molecular weight is 743 g/mol. The van der Waals surface area contributed by atoms with Crippen molar-refractivity contribution < 1.29 is 84.3 Å². The van der Waals surface area contributed by atoms with Crippen LogP contribution in [-0.2, 0) is 16.9 Å². The number of benzene rings is 5. The molecule has 0 bridgehead atoms. The Morgan fingerprint density at radius 1 is 0.648 bits per heavy atom. The van der Waals surface area contributed by atoms with E-state index in [1.807, 2.05) is 0 Å². The van der Waals surface area contributed by atoms with Gasteiger partial charge in [0.2, 0.25) is 5.75 Å². The number of carbonyl (C=O) groups excluding carboxylic acids is 2. The van der Waals surface area contributed by atoms with E-state index in [4.69, 9.17) is 23.7 Å². The Hall–Kier alpha value is -7.40. The fraction of sp³-hybridized carbons (Fsp3) is 0.135. The zero-order chi connectivity index (χ0) is 38.4. The molecule has 3 aliphatic rings. The Bertz CT molecular complexity index is 2440. The molecule has 0 amide bonds. The van der Waals surface area contributed by atoms with Crippen LogP contribution in [-0.4, -0.2) is 74.7 Å². The number of phenolic OH excluding ortho intramolecular Hbond substituents is 9.